The molecule has 1 rings (SSSR count). The van der Waals surface area contributed by atoms with Crippen molar-refractivity contribution in [3.63, 3.8) is 0 Å². The standard InChI is InChI=1S/C20H32O2/c1-4-6-8-10-11-12-13-15-18-17(3)20(21)22-19(18)16-14-9-7-5-2/h4-5,18-19H,1-3,6-16H2/t18-,19-/m0/s1. The van der Waals surface area contributed by atoms with Crippen molar-refractivity contribution < 1.29 is 9.53 Å². The van der Waals surface area contributed by atoms with E-state index in [9.17, 15) is 4.79 Å². The molecule has 1 fully saturated rings. The van der Waals surface area contributed by atoms with Crippen LogP contribution < -0.4 is 0 Å². The van der Waals surface area contributed by atoms with Gasteiger partial charge in [-0.1, -0.05) is 44.4 Å². The minimum absolute atomic E-state index is 0.0607. The molecule has 0 bridgehead atoms. The topological polar surface area (TPSA) is 26.3 Å². The molecule has 2 atom stereocenters. The zero-order chi connectivity index (χ0) is 16.2. The van der Waals surface area contributed by atoms with E-state index in [2.05, 4.69) is 19.7 Å². The van der Waals surface area contributed by atoms with E-state index in [-0.39, 0.29) is 18.0 Å². The number of allylic oxidation sites excluding steroid dienone is 2. The first kappa shape index (κ1) is 18.7. The maximum Gasteiger partial charge on any atom is 0.334 e. The summed E-state index contributed by atoms with van der Waals surface area (Å²) < 4.78 is 5.50. The van der Waals surface area contributed by atoms with Crippen LogP contribution in [0.15, 0.2) is 37.5 Å². The summed E-state index contributed by atoms with van der Waals surface area (Å²) in [7, 11) is 0. The van der Waals surface area contributed by atoms with Gasteiger partial charge in [0.2, 0.25) is 0 Å². The van der Waals surface area contributed by atoms with Crippen molar-refractivity contribution in [1.29, 1.82) is 0 Å². The predicted octanol–water partition coefficient (Wildman–Crippen LogP) is 5.75. The Balaban J connectivity index is 2.24. The Kier molecular flexibility index (Phi) is 9.61. The summed E-state index contributed by atoms with van der Waals surface area (Å²) >= 11 is 0. The predicted molar refractivity (Wildman–Crippen MR) is 93.7 cm³/mol. The summed E-state index contributed by atoms with van der Waals surface area (Å²) in [5.74, 6) is 0.0640. The van der Waals surface area contributed by atoms with Crippen molar-refractivity contribution in [3.8, 4) is 0 Å². The molecule has 1 aliphatic rings. The lowest BCUT2D eigenvalue weighted by Crippen LogP contribution is -2.16. The minimum atomic E-state index is -0.176. The molecule has 0 aromatic heterocycles. The molecular weight excluding hydrogens is 272 g/mol. The first-order valence-corrected chi connectivity index (χ1v) is 8.82. The minimum Gasteiger partial charge on any atom is -0.458 e. The number of ether oxygens (including phenoxy) is 1. The molecule has 22 heavy (non-hydrogen) atoms. The van der Waals surface area contributed by atoms with E-state index < -0.39 is 0 Å². The third-order valence-electron chi connectivity index (χ3n) is 4.49. The summed E-state index contributed by atoms with van der Waals surface area (Å²) in [6, 6.07) is 0. The largest absolute Gasteiger partial charge is 0.458 e. The number of esters is 1. The van der Waals surface area contributed by atoms with Crippen LogP contribution in [-0.4, -0.2) is 12.1 Å². The molecule has 0 aromatic carbocycles. The van der Waals surface area contributed by atoms with Crippen LogP contribution in [-0.2, 0) is 9.53 Å². The van der Waals surface area contributed by atoms with Crippen molar-refractivity contribution >= 4 is 5.97 Å². The molecule has 0 N–H and O–H groups in total. The fraction of sp³-hybridized carbons (Fsp3) is 0.650. The molecule has 0 saturated carbocycles. The van der Waals surface area contributed by atoms with E-state index >= 15 is 0 Å². The van der Waals surface area contributed by atoms with Crippen molar-refractivity contribution in [2.75, 3.05) is 0 Å². The van der Waals surface area contributed by atoms with Crippen LogP contribution in [0.4, 0.5) is 0 Å². The van der Waals surface area contributed by atoms with E-state index in [0.717, 1.165) is 44.9 Å². The number of hydrogen-bond acceptors (Lipinski definition) is 2. The molecule has 1 saturated heterocycles. The zero-order valence-electron chi connectivity index (χ0n) is 14.0. The highest BCUT2D eigenvalue weighted by Crippen LogP contribution is 2.34. The van der Waals surface area contributed by atoms with Crippen LogP contribution in [0.5, 0.6) is 0 Å². The smallest absolute Gasteiger partial charge is 0.334 e. The van der Waals surface area contributed by atoms with Crippen molar-refractivity contribution in [2.45, 2.75) is 76.7 Å². The highest BCUT2D eigenvalue weighted by molar-refractivity contribution is 5.90. The van der Waals surface area contributed by atoms with Gasteiger partial charge < -0.3 is 4.74 Å². The van der Waals surface area contributed by atoms with E-state index in [4.69, 9.17) is 4.74 Å². The van der Waals surface area contributed by atoms with Crippen molar-refractivity contribution in [3.05, 3.63) is 37.5 Å². The van der Waals surface area contributed by atoms with Crippen molar-refractivity contribution in [1.82, 2.24) is 0 Å². The molecule has 1 heterocycles. The van der Waals surface area contributed by atoms with Gasteiger partial charge in [0, 0.05) is 11.5 Å². The van der Waals surface area contributed by atoms with Gasteiger partial charge >= 0.3 is 5.97 Å². The highest BCUT2D eigenvalue weighted by Gasteiger charge is 2.37. The van der Waals surface area contributed by atoms with Gasteiger partial charge in [-0.3, -0.25) is 0 Å². The zero-order valence-corrected chi connectivity index (χ0v) is 14.0. The fourth-order valence-corrected chi connectivity index (χ4v) is 3.11. The second-order valence-electron chi connectivity index (χ2n) is 6.28. The Morgan fingerprint density at radius 1 is 0.864 bits per heavy atom. The number of rotatable bonds is 13. The lowest BCUT2D eigenvalue weighted by molar-refractivity contribution is -0.139. The van der Waals surface area contributed by atoms with Gasteiger partial charge in [0.1, 0.15) is 6.10 Å². The molecule has 0 unspecified atom stereocenters. The molecule has 2 heteroatoms. The molecule has 0 radical (unpaired) electrons. The molecule has 2 nitrogen and oxygen atoms in total. The SMILES string of the molecule is C=CCCCCCCC[C@H]1C(=C)C(=O)O[C@H]1CCCCC=C. The summed E-state index contributed by atoms with van der Waals surface area (Å²) in [4.78, 5) is 11.7. The summed E-state index contributed by atoms with van der Waals surface area (Å²) in [6.07, 6.45) is 16.6. The Morgan fingerprint density at radius 3 is 2.09 bits per heavy atom. The first-order valence-electron chi connectivity index (χ1n) is 8.82. The molecule has 124 valence electrons. The Hall–Kier alpha value is -1.31. The fourth-order valence-electron chi connectivity index (χ4n) is 3.11. The van der Waals surface area contributed by atoms with Crippen molar-refractivity contribution in [2.24, 2.45) is 5.92 Å². The first-order chi connectivity index (χ1) is 10.7. The molecular formula is C20H32O2. The van der Waals surface area contributed by atoms with Crippen LogP contribution in [0.2, 0.25) is 0 Å². The maximum absolute atomic E-state index is 11.7. The second kappa shape index (κ2) is 11.3. The van der Waals surface area contributed by atoms with Gasteiger partial charge in [-0.25, -0.2) is 4.79 Å². The van der Waals surface area contributed by atoms with E-state index in [1.54, 1.807) is 0 Å². The van der Waals surface area contributed by atoms with Gasteiger partial charge in [-0.15, -0.1) is 13.2 Å². The Labute approximate surface area is 136 Å². The Bertz CT molecular complexity index is 370. The van der Waals surface area contributed by atoms with Gasteiger partial charge in [-0.2, -0.15) is 0 Å². The van der Waals surface area contributed by atoms with Crippen LogP contribution >= 0.6 is 0 Å². The third-order valence-corrected chi connectivity index (χ3v) is 4.49. The van der Waals surface area contributed by atoms with E-state index in [1.165, 1.54) is 25.7 Å². The molecule has 1 aliphatic heterocycles. The van der Waals surface area contributed by atoms with Gasteiger partial charge in [0.05, 0.1) is 0 Å². The maximum atomic E-state index is 11.7. The number of unbranched alkanes of at least 4 members (excludes halogenated alkanes) is 7. The summed E-state index contributed by atoms with van der Waals surface area (Å²) in [5, 5.41) is 0. The number of carbonyl (C=O) groups is 1. The summed E-state index contributed by atoms with van der Waals surface area (Å²) in [5.41, 5.74) is 0.695. The highest BCUT2D eigenvalue weighted by atomic mass is 16.6. The van der Waals surface area contributed by atoms with Gasteiger partial charge in [-0.05, 0) is 44.9 Å². The number of carbonyl (C=O) groups excluding carboxylic acids is 1. The molecule has 0 amide bonds. The van der Waals surface area contributed by atoms with E-state index in [0.29, 0.717) is 5.57 Å². The monoisotopic (exact) mass is 304 g/mol. The van der Waals surface area contributed by atoms with Gasteiger partial charge in [0.25, 0.3) is 0 Å². The van der Waals surface area contributed by atoms with Crippen LogP contribution in [0.25, 0.3) is 0 Å². The molecule has 0 spiro atoms. The van der Waals surface area contributed by atoms with Gasteiger partial charge in [0.15, 0.2) is 0 Å². The number of hydrogen-bond donors (Lipinski definition) is 0. The average molecular weight is 304 g/mol. The van der Waals surface area contributed by atoms with Crippen LogP contribution in [0.1, 0.15) is 70.6 Å². The van der Waals surface area contributed by atoms with E-state index in [1.807, 2.05) is 12.2 Å². The van der Waals surface area contributed by atoms with Crippen LogP contribution in [0.3, 0.4) is 0 Å². The lowest BCUT2D eigenvalue weighted by atomic mass is 9.88. The van der Waals surface area contributed by atoms with Crippen LogP contribution in [0, 0.1) is 5.92 Å². The quantitative estimate of drug-likeness (QED) is 0.187. The Morgan fingerprint density at radius 2 is 1.41 bits per heavy atom. The average Bonchev–Trinajstić information content (AvgIpc) is 2.78. The normalized spacial score (nSPS) is 20.9. The molecule has 0 aromatic rings. The number of cyclic esters (lactones) is 1. The summed E-state index contributed by atoms with van der Waals surface area (Å²) in [6.45, 7) is 11.4. The third kappa shape index (κ3) is 6.64. The second-order valence-corrected chi connectivity index (χ2v) is 6.28. The lowest BCUT2D eigenvalue weighted by Gasteiger charge is -2.17. The molecule has 0 aliphatic carbocycles.